The van der Waals surface area contributed by atoms with Crippen molar-refractivity contribution in [1.82, 2.24) is 9.97 Å². The molecule has 0 aliphatic heterocycles. The molecule has 31 heavy (non-hydrogen) atoms. The number of nitrogens with zero attached hydrogens (tertiary/aromatic N) is 3. The zero-order chi connectivity index (χ0) is 22.2. The van der Waals surface area contributed by atoms with Crippen molar-refractivity contribution in [2.24, 2.45) is 0 Å². The van der Waals surface area contributed by atoms with Crippen molar-refractivity contribution >= 4 is 33.3 Å². The number of hydrogen-bond donors (Lipinski definition) is 2. The van der Waals surface area contributed by atoms with Gasteiger partial charge in [0.2, 0.25) is 0 Å². The molecule has 2 heterocycles. The molecule has 158 valence electrons. The number of hydrogen-bond acceptors (Lipinski definition) is 6. The van der Waals surface area contributed by atoms with Crippen LogP contribution in [-0.2, 0) is 12.7 Å². The van der Waals surface area contributed by atoms with Crippen LogP contribution in [0.4, 0.5) is 18.3 Å². The first-order chi connectivity index (χ1) is 14.7. The third-order valence-electron chi connectivity index (χ3n) is 4.56. The SMILES string of the molecule is O=C(c1cnc2c(C(F)(F)F)cccc2c1)N(Cc1ccc(O)cc1O)c1nccs1. The number of halogens is 3. The summed E-state index contributed by atoms with van der Waals surface area (Å²) in [5.74, 6) is -0.886. The van der Waals surface area contributed by atoms with Crippen LogP contribution in [0, 0.1) is 0 Å². The molecular weight excluding hydrogens is 431 g/mol. The van der Waals surface area contributed by atoms with Crippen LogP contribution in [0.1, 0.15) is 21.5 Å². The molecule has 0 saturated heterocycles. The fourth-order valence-corrected chi connectivity index (χ4v) is 3.73. The Morgan fingerprint density at radius 1 is 1.10 bits per heavy atom. The molecule has 0 radical (unpaired) electrons. The molecule has 2 N–H and O–H groups in total. The second-order valence-electron chi connectivity index (χ2n) is 6.62. The van der Waals surface area contributed by atoms with E-state index in [9.17, 15) is 28.2 Å². The summed E-state index contributed by atoms with van der Waals surface area (Å²) in [7, 11) is 0. The van der Waals surface area contributed by atoms with E-state index < -0.39 is 17.6 Å². The molecule has 4 rings (SSSR count). The van der Waals surface area contributed by atoms with E-state index in [2.05, 4.69) is 9.97 Å². The van der Waals surface area contributed by atoms with Crippen LogP contribution in [-0.4, -0.2) is 26.1 Å². The van der Waals surface area contributed by atoms with Crippen molar-refractivity contribution in [3.05, 3.63) is 76.9 Å². The summed E-state index contributed by atoms with van der Waals surface area (Å²) in [5.41, 5.74) is -0.701. The van der Waals surface area contributed by atoms with Gasteiger partial charge in [-0.05, 0) is 24.3 Å². The Morgan fingerprint density at radius 2 is 1.90 bits per heavy atom. The Labute approximate surface area is 177 Å². The maximum absolute atomic E-state index is 13.3. The van der Waals surface area contributed by atoms with E-state index in [1.165, 1.54) is 52.8 Å². The van der Waals surface area contributed by atoms with Gasteiger partial charge in [0.25, 0.3) is 5.91 Å². The van der Waals surface area contributed by atoms with Crippen molar-refractivity contribution in [2.45, 2.75) is 12.7 Å². The van der Waals surface area contributed by atoms with E-state index in [-0.39, 0.29) is 34.5 Å². The van der Waals surface area contributed by atoms with Crippen LogP contribution in [0.3, 0.4) is 0 Å². The standard InChI is InChI=1S/C21H14F3N3O3S/c22-21(23,24)16-3-1-2-12-8-14(10-26-18(12)16)19(30)27(20-25-6-7-31-20)11-13-4-5-15(28)9-17(13)29/h1-10,28-29H,11H2. The average Bonchev–Trinajstić information content (AvgIpc) is 3.26. The number of thiazole rings is 1. The minimum Gasteiger partial charge on any atom is -0.508 e. The molecule has 0 bridgehead atoms. The minimum atomic E-state index is -4.57. The highest BCUT2D eigenvalue weighted by Gasteiger charge is 2.33. The molecule has 0 unspecified atom stereocenters. The van der Waals surface area contributed by atoms with E-state index in [4.69, 9.17) is 0 Å². The predicted molar refractivity (Wildman–Crippen MR) is 109 cm³/mol. The van der Waals surface area contributed by atoms with Crippen LogP contribution < -0.4 is 4.90 Å². The summed E-state index contributed by atoms with van der Waals surface area (Å²) in [6.07, 6.45) is -1.97. The summed E-state index contributed by atoms with van der Waals surface area (Å²) in [6, 6.07) is 8.98. The number of carbonyl (C=O) groups is 1. The molecular formula is C21H14F3N3O3S. The molecule has 0 saturated carbocycles. The smallest absolute Gasteiger partial charge is 0.418 e. The van der Waals surface area contributed by atoms with Crippen LogP contribution in [0.5, 0.6) is 11.5 Å². The number of aromatic nitrogens is 2. The number of aromatic hydroxyl groups is 2. The van der Waals surface area contributed by atoms with Gasteiger partial charge in [0.15, 0.2) is 5.13 Å². The van der Waals surface area contributed by atoms with Gasteiger partial charge in [-0.1, -0.05) is 12.1 Å². The normalized spacial score (nSPS) is 11.6. The van der Waals surface area contributed by atoms with Crippen molar-refractivity contribution in [2.75, 3.05) is 4.90 Å². The van der Waals surface area contributed by atoms with Crippen LogP contribution in [0.15, 0.2) is 60.2 Å². The highest BCUT2D eigenvalue weighted by atomic mass is 32.1. The Balaban J connectivity index is 1.74. The quantitative estimate of drug-likeness (QED) is 0.463. The van der Waals surface area contributed by atoms with Crippen LogP contribution >= 0.6 is 11.3 Å². The average molecular weight is 445 g/mol. The van der Waals surface area contributed by atoms with Crippen molar-refractivity contribution in [3.8, 4) is 11.5 Å². The van der Waals surface area contributed by atoms with Crippen LogP contribution in [0.25, 0.3) is 10.9 Å². The van der Waals surface area contributed by atoms with E-state index in [1.54, 1.807) is 5.38 Å². The fraction of sp³-hybridized carbons (Fsp3) is 0.0952. The minimum absolute atomic E-state index is 0.0697. The highest BCUT2D eigenvalue weighted by molar-refractivity contribution is 7.13. The molecule has 2 aromatic heterocycles. The summed E-state index contributed by atoms with van der Waals surface area (Å²) in [4.78, 5) is 22.6. The van der Waals surface area contributed by atoms with E-state index in [0.29, 0.717) is 10.7 Å². The number of rotatable bonds is 4. The summed E-state index contributed by atoms with van der Waals surface area (Å²) >= 11 is 1.19. The molecule has 6 nitrogen and oxygen atoms in total. The topological polar surface area (TPSA) is 86.6 Å². The van der Waals surface area contributed by atoms with Gasteiger partial charge >= 0.3 is 6.18 Å². The third-order valence-corrected chi connectivity index (χ3v) is 5.35. The lowest BCUT2D eigenvalue weighted by Gasteiger charge is -2.21. The lowest BCUT2D eigenvalue weighted by atomic mass is 10.1. The maximum atomic E-state index is 13.3. The molecule has 1 amide bonds. The predicted octanol–water partition coefficient (Wildman–Crippen LogP) is 4.97. The number of alkyl halides is 3. The maximum Gasteiger partial charge on any atom is 0.418 e. The molecule has 4 aromatic rings. The van der Waals surface area contributed by atoms with Gasteiger partial charge in [-0.3, -0.25) is 14.7 Å². The van der Waals surface area contributed by atoms with Gasteiger partial charge in [0.05, 0.1) is 23.2 Å². The van der Waals surface area contributed by atoms with E-state index >= 15 is 0 Å². The number of phenols is 2. The van der Waals surface area contributed by atoms with Gasteiger partial charge in [0.1, 0.15) is 11.5 Å². The van der Waals surface area contributed by atoms with Crippen molar-refractivity contribution in [3.63, 3.8) is 0 Å². The molecule has 0 aliphatic carbocycles. The zero-order valence-corrected chi connectivity index (χ0v) is 16.5. The second kappa shape index (κ2) is 7.88. The fourth-order valence-electron chi connectivity index (χ4n) is 3.09. The Bertz CT molecular complexity index is 1260. The number of anilines is 1. The number of phenolic OH excluding ortho intramolecular Hbond substituents is 2. The molecule has 0 fully saturated rings. The lowest BCUT2D eigenvalue weighted by molar-refractivity contribution is -0.136. The largest absolute Gasteiger partial charge is 0.508 e. The first-order valence-corrected chi connectivity index (χ1v) is 9.80. The van der Waals surface area contributed by atoms with E-state index in [0.717, 1.165) is 18.3 Å². The van der Waals surface area contributed by atoms with Gasteiger partial charge in [-0.2, -0.15) is 13.2 Å². The number of carbonyl (C=O) groups excluding carboxylic acids is 1. The zero-order valence-electron chi connectivity index (χ0n) is 15.7. The first kappa shape index (κ1) is 20.6. The Kier molecular flexibility index (Phi) is 5.24. The third kappa shape index (κ3) is 4.15. The van der Waals surface area contributed by atoms with Gasteiger partial charge in [-0.25, -0.2) is 4.98 Å². The molecule has 0 atom stereocenters. The monoisotopic (exact) mass is 445 g/mol. The first-order valence-electron chi connectivity index (χ1n) is 8.92. The number of pyridine rings is 1. The second-order valence-corrected chi connectivity index (χ2v) is 7.49. The summed E-state index contributed by atoms with van der Waals surface area (Å²) in [6.45, 7) is -0.0703. The summed E-state index contributed by atoms with van der Waals surface area (Å²) in [5, 5.41) is 21.8. The van der Waals surface area contributed by atoms with Crippen molar-refractivity contribution in [1.29, 1.82) is 0 Å². The molecule has 2 aromatic carbocycles. The number of fused-ring (bicyclic) bond motifs is 1. The van der Waals surface area contributed by atoms with E-state index in [1.807, 2.05) is 0 Å². The van der Waals surface area contributed by atoms with Crippen molar-refractivity contribution < 1.29 is 28.2 Å². The Hall–Kier alpha value is -3.66. The molecule has 10 heteroatoms. The van der Waals surface area contributed by atoms with Gasteiger partial charge in [-0.15, -0.1) is 11.3 Å². The number of benzene rings is 2. The number of amides is 1. The van der Waals surface area contributed by atoms with Gasteiger partial charge in [0, 0.05) is 34.8 Å². The summed E-state index contributed by atoms with van der Waals surface area (Å²) < 4.78 is 39.7. The van der Waals surface area contributed by atoms with Crippen LogP contribution in [0.2, 0.25) is 0 Å². The Morgan fingerprint density at radius 3 is 2.58 bits per heavy atom. The highest BCUT2D eigenvalue weighted by Crippen LogP contribution is 2.34. The molecule has 0 aliphatic rings. The molecule has 0 spiro atoms. The number of para-hydroxylation sites is 1. The van der Waals surface area contributed by atoms with Gasteiger partial charge < -0.3 is 10.2 Å². The lowest BCUT2D eigenvalue weighted by Crippen LogP contribution is -2.30.